The predicted octanol–water partition coefficient (Wildman–Crippen LogP) is 4.12. The van der Waals surface area contributed by atoms with E-state index in [0.717, 1.165) is 17.9 Å². The molecule has 3 saturated carbocycles. The molecule has 1 aromatic carbocycles. The number of rotatable bonds is 2. The van der Waals surface area contributed by atoms with Crippen LogP contribution in [-0.4, -0.2) is 24.1 Å². The Kier molecular flexibility index (Phi) is 2.83. The van der Waals surface area contributed by atoms with Gasteiger partial charge in [-0.05, 0) is 43.7 Å². The summed E-state index contributed by atoms with van der Waals surface area (Å²) in [4.78, 5) is 0. The van der Waals surface area contributed by atoms with E-state index in [1.165, 1.54) is 12.5 Å². The number of benzene rings is 1. The average molecular weight is 370 g/mol. The molecular formula is C21H24BFO4. The van der Waals surface area contributed by atoms with Gasteiger partial charge < -0.3 is 18.8 Å². The van der Waals surface area contributed by atoms with Crippen LogP contribution < -0.4 is 4.74 Å². The molecule has 6 heteroatoms. The molecule has 27 heavy (non-hydrogen) atoms. The fraction of sp³-hybridized carbons (Fsp3) is 0.619. The smallest absolute Gasteiger partial charge is 0.462 e. The standard InChI is InChI=1S/C21H24BFO4/c1-18(2)24-11-14-15(23)6-5-12(17(14)25-18)7-8-22-26-20(4)16-9-13-10-21(20,27-22)19(13,16)3/h5-8,13,16H,9-11H2,1-4H3/b8-7-/t13?,16?,19?,20-,21?/m0/s1. The van der Waals surface area contributed by atoms with Crippen molar-refractivity contribution in [1.82, 2.24) is 0 Å². The quantitative estimate of drug-likeness (QED) is 0.734. The second kappa shape index (κ2) is 4.61. The second-order valence-electron chi connectivity index (χ2n) is 9.60. The van der Waals surface area contributed by atoms with Gasteiger partial charge in [0.2, 0.25) is 5.79 Å². The van der Waals surface area contributed by atoms with E-state index in [2.05, 4.69) is 13.8 Å². The largest absolute Gasteiger partial charge is 0.487 e. The van der Waals surface area contributed by atoms with Crippen LogP contribution in [0.2, 0.25) is 0 Å². The molecule has 4 nitrogen and oxygen atoms in total. The lowest BCUT2D eigenvalue weighted by Crippen LogP contribution is -2.92. The highest BCUT2D eigenvalue weighted by Crippen LogP contribution is 2.87. The summed E-state index contributed by atoms with van der Waals surface area (Å²) < 4.78 is 38.5. The van der Waals surface area contributed by atoms with Crippen LogP contribution >= 0.6 is 0 Å². The second-order valence-corrected chi connectivity index (χ2v) is 9.60. The minimum Gasteiger partial charge on any atom is -0.462 e. The minimum absolute atomic E-state index is 0.114. The highest BCUT2D eigenvalue weighted by atomic mass is 19.1. The van der Waals surface area contributed by atoms with Gasteiger partial charge in [-0.3, -0.25) is 0 Å². The third-order valence-corrected chi connectivity index (χ3v) is 8.22. The third-order valence-electron chi connectivity index (χ3n) is 8.22. The molecule has 4 fully saturated rings. The van der Waals surface area contributed by atoms with Crippen molar-refractivity contribution in [3.8, 4) is 5.75 Å². The maximum atomic E-state index is 14.2. The Bertz CT molecular complexity index is 900. The van der Waals surface area contributed by atoms with Gasteiger partial charge in [-0.1, -0.05) is 19.0 Å². The van der Waals surface area contributed by atoms with Crippen molar-refractivity contribution in [2.45, 2.75) is 64.1 Å². The van der Waals surface area contributed by atoms with Crippen LogP contribution in [0.25, 0.3) is 6.08 Å². The van der Waals surface area contributed by atoms with Gasteiger partial charge in [0.15, 0.2) is 0 Å². The topological polar surface area (TPSA) is 36.9 Å². The van der Waals surface area contributed by atoms with E-state index >= 15 is 0 Å². The molecule has 1 aromatic rings. The third kappa shape index (κ3) is 1.68. The Morgan fingerprint density at radius 3 is 2.70 bits per heavy atom. The molecular weight excluding hydrogens is 346 g/mol. The molecule has 142 valence electrons. The molecule has 5 atom stereocenters. The van der Waals surface area contributed by atoms with Crippen LogP contribution in [0.5, 0.6) is 5.75 Å². The van der Waals surface area contributed by atoms with Gasteiger partial charge >= 0.3 is 7.12 Å². The van der Waals surface area contributed by atoms with Crippen LogP contribution in [0.4, 0.5) is 4.39 Å². The molecule has 1 saturated heterocycles. The summed E-state index contributed by atoms with van der Waals surface area (Å²) in [5.74, 6) is 2.82. The van der Waals surface area contributed by atoms with Crippen LogP contribution in [0.1, 0.15) is 51.7 Å². The number of hydrogen-bond donors (Lipinski definition) is 0. The van der Waals surface area contributed by atoms with Gasteiger partial charge in [-0.2, -0.15) is 0 Å². The lowest BCUT2D eigenvalue weighted by atomic mass is 9.21. The van der Waals surface area contributed by atoms with Crippen LogP contribution in [-0.2, 0) is 20.7 Å². The average Bonchev–Trinajstić information content (AvgIpc) is 2.92. The van der Waals surface area contributed by atoms with E-state index in [-0.39, 0.29) is 30.7 Å². The van der Waals surface area contributed by atoms with Gasteiger partial charge in [0, 0.05) is 24.8 Å². The molecule has 0 bridgehead atoms. The maximum absolute atomic E-state index is 14.2. The van der Waals surface area contributed by atoms with Crippen LogP contribution in [0.3, 0.4) is 0 Å². The molecule has 0 N–H and O–H groups in total. The zero-order chi connectivity index (χ0) is 18.8. The molecule has 2 aliphatic heterocycles. The van der Waals surface area contributed by atoms with Gasteiger partial charge in [0.05, 0.1) is 23.4 Å². The molecule has 2 heterocycles. The molecule has 3 aliphatic carbocycles. The summed E-state index contributed by atoms with van der Waals surface area (Å²) in [6.45, 7) is 8.44. The van der Waals surface area contributed by atoms with Crippen molar-refractivity contribution in [1.29, 1.82) is 0 Å². The van der Waals surface area contributed by atoms with Gasteiger partial charge in [0.25, 0.3) is 0 Å². The van der Waals surface area contributed by atoms with E-state index < -0.39 is 5.79 Å². The van der Waals surface area contributed by atoms with E-state index in [1.807, 2.05) is 25.9 Å². The normalized spacial score (nSPS) is 45.1. The Balaban J connectivity index is 1.29. The minimum atomic E-state index is -0.774. The first-order valence-electron chi connectivity index (χ1n) is 9.88. The van der Waals surface area contributed by atoms with E-state index in [1.54, 1.807) is 6.07 Å². The first kappa shape index (κ1) is 16.6. The Labute approximate surface area is 159 Å². The Morgan fingerprint density at radius 1 is 1.19 bits per heavy atom. The molecule has 0 aromatic heterocycles. The molecule has 5 aliphatic rings. The van der Waals surface area contributed by atoms with E-state index in [9.17, 15) is 4.39 Å². The molecule has 6 rings (SSSR count). The fourth-order valence-corrected chi connectivity index (χ4v) is 6.70. The van der Waals surface area contributed by atoms with E-state index in [4.69, 9.17) is 18.8 Å². The van der Waals surface area contributed by atoms with Crippen molar-refractivity contribution in [2.24, 2.45) is 17.3 Å². The highest BCUT2D eigenvalue weighted by Gasteiger charge is 2.93. The van der Waals surface area contributed by atoms with Gasteiger partial charge in [0.1, 0.15) is 11.6 Å². The van der Waals surface area contributed by atoms with Crippen molar-refractivity contribution in [3.05, 3.63) is 35.1 Å². The molecule has 0 radical (unpaired) electrons. The summed E-state index contributed by atoms with van der Waals surface area (Å²) in [5.41, 5.74) is 1.31. The summed E-state index contributed by atoms with van der Waals surface area (Å²) in [7, 11) is -0.369. The summed E-state index contributed by atoms with van der Waals surface area (Å²) >= 11 is 0. The van der Waals surface area contributed by atoms with Gasteiger partial charge in [-0.25, -0.2) is 4.39 Å². The zero-order valence-corrected chi connectivity index (χ0v) is 16.2. The van der Waals surface area contributed by atoms with Crippen molar-refractivity contribution in [3.63, 3.8) is 0 Å². The highest BCUT2D eigenvalue weighted by molar-refractivity contribution is 6.52. The van der Waals surface area contributed by atoms with Crippen molar-refractivity contribution in [2.75, 3.05) is 0 Å². The van der Waals surface area contributed by atoms with Crippen molar-refractivity contribution < 1.29 is 23.2 Å². The fourth-order valence-electron chi connectivity index (χ4n) is 6.70. The first-order valence-corrected chi connectivity index (χ1v) is 9.88. The number of hydrogen-bond acceptors (Lipinski definition) is 4. The molecule has 4 unspecified atom stereocenters. The first-order chi connectivity index (χ1) is 12.7. The predicted molar refractivity (Wildman–Crippen MR) is 98.3 cm³/mol. The van der Waals surface area contributed by atoms with Crippen LogP contribution in [0, 0.1) is 23.1 Å². The summed E-state index contributed by atoms with van der Waals surface area (Å²) in [6.07, 6.45) is 4.31. The van der Waals surface area contributed by atoms with Crippen molar-refractivity contribution >= 4 is 13.2 Å². The monoisotopic (exact) mass is 370 g/mol. The lowest BCUT2D eigenvalue weighted by molar-refractivity contribution is -0.429. The number of halogens is 1. The zero-order valence-electron chi connectivity index (χ0n) is 16.2. The lowest BCUT2D eigenvalue weighted by Gasteiger charge is -2.87. The SMILES string of the molecule is CC1(C)OCc2c(F)ccc(/C=C\B3OC45CC6CC(C64C)[C@]5(C)O3)c2O1. The summed E-state index contributed by atoms with van der Waals surface area (Å²) in [6, 6.07) is 3.20. The van der Waals surface area contributed by atoms with Crippen LogP contribution in [0.15, 0.2) is 18.1 Å². The molecule has 1 spiro atoms. The summed E-state index contributed by atoms with van der Waals surface area (Å²) in [5, 5.41) is 0. The Morgan fingerprint density at radius 2 is 2.00 bits per heavy atom. The van der Waals surface area contributed by atoms with Gasteiger partial charge in [-0.15, -0.1) is 0 Å². The molecule has 0 amide bonds. The Hall–Kier alpha value is -1.37. The van der Waals surface area contributed by atoms with E-state index in [0.29, 0.717) is 22.6 Å². The number of fused-ring (bicyclic) bond motifs is 2. The number of ether oxygens (including phenoxy) is 2. The maximum Gasteiger partial charge on any atom is 0.487 e.